The molecular formula is C21H28ClN3O2S. The minimum absolute atomic E-state index is 0. The van der Waals surface area contributed by atoms with Crippen molar-refractivity contribution in [3.8, 4) is 0 Å². The van der Waals surface area contributed by atoms with Gasteiger partial charge in [-0.1, -0.05) is 23.8 Å². The van der Waals surface area contributed by atoms with Gasteiger partial charge in [0.05, 0.1) is 12.0 Å². The van der Waals surface area contributed by atoms with Crippen LogP contribution in [0.5, 0.6) is 0 Å². The number of halogens is 1. The van der Waals surface area contributed by atoms with Crippen molar-refractivity contribution < 1.29 is 9.59 Å². The Balaban J connectivity index is 0.00000280. The Morgan fingerprint density at radius 2 is 2.00 bits per heavy atom. The van der Waals surface area contributed by atoms with E-state index in [1.54, 1.807) is 16.2 Å². The van der Waals surface area contributed by atoms with Crippen LogP contribution in [0.1, 0.15) is 29.3 Å². The summed E-state index contributed by atoms with van der Waals surface area (Å²) in [5.41, 5.74) is 2.01. The lowest BCUT2D eigenvalue weighted by molar-refractivity contribution is -0.137. The molecule has 0 spiro atoms. The first-order valence-electron chi connectivity index (χ1n) is 9.34. The summed E-state index contributed by atoms with van der Waals surface area (Å²) >= 11 is 1.61. The van der Waals surface area contributed by atoms with Gasteiger partial charge >= 0.3 is 0 Å². The predicted octanol–water partition coefficient (Wildman–Crippen LogP) is 3.64. The van der Waals surface area contributed by atoms with Crippen LogP contribution in [0.3, 0.4) is 0 Å². The number of amides is 2. The van der Waals surface area contributed by atoms with Crippen LogP contribution in [0.4, 0.5) is 5.69 Å². The van der Waals surface area contributed by atoms with Crippen molar-refractivity contribution in [1.82, 2.24) is 10.2 Å². The standard InChI is InChI=1S/C21H27N3O2S.ClH/c1-15-6-8-16(9-7-15)24-19(25)11-10-17(20(24)18-5-4-14-27-18)21(26)23(3)13-12-22-2;/h4-9,14,17,20,22H,10-13H2,1-3H3;1H. The van der Waals surface area contributed by atoms with E-state index in [4.69, 9.17) is 0 Å². The Kier molecular flexibility index (Phi) is 8.04. The number of piperidine rings is 1. The zero-order chi connectivity index (χ0) is 19.4. The van der Waals surface area contributed by atoms with Crippen molar-refractivity contribution in [3.05, 3.63) is 52.2 Å². The monoisotopic (exact) mass is 421 g/mol. The Morgan fingerprint density at radius 3 is 2.61 bits per heavy atom. The maximum Gasteiger partial charge on any atom is 0.227 e. The first-order valence-corrected chi connectivity index (χ1v) is 10.2. The van der Waals surface area contributed by atoms with Gasteiger partial charge in [0.15, 0.2) is 0 Å². The molecule has 0 bridgehead atoms. The fraction of sp³-hybridized carbons (Fsp3) is 0.429. The topological polar surface area (TPSA) is 52.7 Å². The molecule has 152 valence electrons. The van der Waals surface area contributed by atoms with E-state index in [2.05, 4.69) is 5.32 Å². The second kappa shape index (κ2) is 10.0. The number of hydrogen-bond acceptors (Lipinski definition) is 4. The number of anilines is 1. The van der Waals surface area contributed by atoms with Gasteiger partial charge in [0.1, 0.15) is 0 Å². The number of hydrogen-bond donors (Lipinski definition) is 1. The van der Waals surface area contributed by atoms with Gasteiger partial charge in [-0.05, 0) is 44.0 Å². The second-order valence-corrected chi connectivity index (χ2v) is 8.05. The molecule has 28 heavy (non-hydrogen) atoms. The molecule has 5 nitrogen and oxygen atoms in total. The highest BCUT2D eigenvalue weighted by atomic mass is 35.5. The quantitative estimate of drug-likeness (QED) is 0.774. The third kappa shape index (κ3) is 4.74. The third-order valence-corrected chi connectivity index (χ3v) is 6.08. The number of nitrogens with one attached hydrogen (secondary N) is 1. The predicted molar refractivity (Wildman–Crippen MR) is 117 cm³/mol. The lowest BCUT2D eigenvalue weighted by Crippen LogP contribution is -2.49. The summed E-state index contributed by atoms with van der Waals surface area (Å²) < 4.78 is 0. The number of benzene rings is 1. The Labute approximate surface area is 177 Å². The summed E-state index contributed by atoms with van der Waals surface area (Å²) in [7, 11) is 3.73. The van der Waals surface area contributed by atoms with Crippen molar-refractivity contribution in [1.29, 1.82) is 0 Å². The van der Waals surface area contributed by atoms with Crippen LogP contribution in [-0.4, -0.2) is 43.9 Å². The largest absolute Gasteiger partial charge is 0.344 e. The molecule has 1 aromatic heterocycles. The molecule has 0 aliphatic carbocycles. The lowest BCUT2D eigenvalue weighted by Gasteiger charge is -2.41. The minimum Gasteiger partial charge on any atom is -0.344 e. The summed E-state index contributed by atoms with van der Waals surface area (Å²) in [4.78, 5) is 30.8. The number of thiophene rings is 1. The van der Waals surface area contributed by atoms with Gasteiger partial charge in [0, 0.05) is 37.1 Å². The highest BCUT2D eigenvalue weighted by molar-refractivity contribution is 7.10. The van der Waals surface area contributed by atoms with Crippen LogP contribution >= 0.6 is 23.7 Å². The van der Waals surface area contributed by atoms with Crippen molar-refractivity contribution >= 4 is 41.2 Å². The van der Waals surface area contributed by atoms with Crippen LogP contribution in [0, 0.1) is 12.8 Å². The zero-order valence-corrected chi connectivity index (χ0v) is 18.2. The molecule has 1 fully saturated rings. The molecule has 2 unspecified atom stereocenters. The van der Waals surface area contributed by atoms with Gasteiger partial charge in [-0.15, -0.1) is 23.7 Å². The molecule has 1 saturated heterocycles. The molecule has 2 amide bonds. The number of likely N-dealkylation sites (N-methyl/N-ethyl adjacent to an activating group) is 2. The summed E-state index contributed by atoms with van der Waals surface area (Å²) in [6, 6.07) is 11.7. The van der Waals surface area contributed by atoms with Crippen molar-refractivity contribution in [2.75, 3.05) is 32.1 Å². The van der Waals surface area contributed by atoms with Crippen LogP contribution in [0.2, 0.25) is 0 Å². The lowest BCUT2D eigenvalue weighted by atomic mass is 9.86. The van der Waals surface area contributed by atoms with Gasteiger partial charge in [-0.3, -0.25) is 9.59 Å². The molecule has 1 aromatic carbocycles. The maximum absolute atomic E-state index is 13.2. The third-order valence-electron chi connectivity index (χ3n) is 5.13. The molecule has 2 atom stereocenters. The Bertz CT molecular complexity index is 779. The van der Waals surface area contributed by atoms with Gasteiger partial charge < -0.3 is 15.1 Å². The number of carbonyl (C=O) groups is 2. The van der Waals surface area contributed by atoms with E-state index >= 15 is 0 Å². The van der Waals surface area contributed by atoms with Crippen LogP contribution in [0.25, 0.3) is 0 Å². The highest BCUT2D eigenvalue weighted by Crippen LogP contribution is 2.42. The molecule has 3 rings (SSSR count). The van der Waals surface area contributed by atoms with E-state index < -0.39 is 0 Å². The Hall–Kier alpha value is -1.89. The molecule has 1 aliphatic rings. The number of aryl methyl sites for hydroxylation is 1. The average Bonchev–Trinajstić information content (AvgIpc) is 3.20. The normalized spacial score (nSPS) is 19.2. The van der Waals surface area contributed by atoms with Gasteiger partial charge in [-0.2, -0.15) is 0 Å². The summed E-state index contributed by atoms with van der Waals surface area (Å²) in [5.74, 6) is -0.0445. The average molecular weight is 422 g/mol. The molecule has 0 radical (unpaired) electrons. The zero-order valence-electron chi connectivity index (χ0n) is 16.6. The van der Waals surface area contributed by atoms with Crippen LogP contribution in [-0.2, 0) is 9.59 Å². The fourth-order valence-corrected chi connectivity index (χ4v) is 4.50. The summed E-state index contributed by atoms with van der Waals surface area (Å²) in [6.45, 7) is 3.43. The Morgan fingerprint density at radius 1 is 1.29 bits per heavy atom. The van der Waals surface area contributed by atoms with E-state index in [0.717, 1.165) is 22.7 Å². The maximum atomic E-state index is 13.2. The van der Waals surface area contributed by atoms with Crippen LogP contribution < -0.4 is 10.2 Å². The number of rotatable bonds is 6. The minimum atomic E-state index is -0.251. The second-order valence-electron chi connectivity index (χ2n) is 7.07. The first kappa shape index (κ1) is 22.4. The molecule has 1 N–H and O–H groups in total. The molecule has 0 saturated carbocycles. The van der Waals surface area contributed by atoms with Gasteiger partial charge in [-0.25, -0.2) is 0 Å². The van der Waals surface area contributed by atoms with E-state index in [-0.39, 0.29) is 36.2 Å². The molecule has 2 heterocycles. The number of carbonyl (C=O) groups excluding carboxylic acids is 2. The SMILES string of the molecule is CNCCN(C)C(=O)C1CCC(=O)N(c2ccc(C)cc2)C1c1cccs1.Cl. The fourth-order valence-electron chi connectivity index (χ4n) is 3.62. The van der Waals surface area contributed by atoms with Crippen molar-refractivity contribution in [2.24, 2.45) is 5.92 Å². The van der Waals surface area contributed by atoms with E-state index in [0.29, 0.717) is 19.4 Å². The summed E-state index contributed by atoms with van der Waals surface area (Å²) in [5, 5.41) is 5.09. The van der Waals surface area contributed by atoms with Crippen molar-refractivity contribution in [2.45, 2.75) is 25.8 Å². The first-order chi connectivity index (χ1) is 13.0. The highest BCUT2D eigenvalue weighted by Gasteiger charge is 2.42. The van der Waals surface area contributed by atoms with Crippen LogP contribution in [0.15, 0.2) is 41.8 Å². The molecule has 7 heteroatoms. The van der Waals surface area contributed by atoms with E-state index in [1.807, 2.05) is 67.7 Å². The smallest absolute Gasteiger partial charge is 0.227 e. The molecule has 2 aromatic rings. The number of nitrogens with zero attached hydrogens (tertiary/aromatic N) is 2. The summed E-state index contributed by atoms with van der Waals surface area (Å²) in [6.07, 6.45) is 0.985. The van der Waals surface area contributed by atoms with E-state index in [9.17, 15) is 9.59 Å². The van der Waals surface area contributed by atoms with Crippen molar-refractivity contribution in [3.63, 3.8) is 0 Å². The molecule has 1 aliphatic heterocycles. The van der Waals surface area contributed by atoms with Gasteiger partial charge in [0.2, 0.25) is 11.8 Å². The molecular weight excluding hydrogens is 394 g/mol. The van der Waals surface area contributed by atoms with Gasteiger partial charge in [0.25, 0.3) is 0 Å². The van der Waals surface area contributed by atoms with E-state index in [1.165, 1.54) is 0 Å².